The van der Waals surface area contributed by atoms with Crippen LogP contribution in [0.1, 0.15) is 22.3 Å². The molecule has 2 rings (SSSR count). The first-order valence-corrected chi connectivity index (χ1v) is 9.03. The minimum Gasteiger partial charge on any atom is -0.296 e. The molecule has 21 heavy (non-hydrogen) atoms. The molecule has 0 atom stereocenters. The van der Waals surface area contributed by atoms with Crippen molar-refractivity contribution in [2.75, 3.05) is 11.6 Å². The summed E-state index contributed by atoms with van der Waals surface area (Å²) in [6, 6.07) is 4.08. The van der Waals surface area contributed by atoms with E-state index in [9.17, 15) is 13.2 Å². The molecule has 2 aromatic rings. The van der Waals surface area contributed by atoms with E-state index < -0.39 is 15.7 Å². The Bertz CT molecular complexity index is 787. The van der Waals surface area contributed by atoms with Gasteiger partial charge in [0.2, 0.25) is 5.13 Å². The molecule has 112 valence electrons. The van der Waals surface area contributed by atoms with Gasteiger partial charge in [0, 0.05) is 11.8 Å². The summed E-state index contributed by atoms with van der Waals surface area (Å²) in [5.74, 6) is -0.463. The fraction of sp³-hybridized carbons (Fsp3) is 0.250. The number of aryl methyl sites for hydroxylation is 1. The molecule has 0 aliphatic heterocycles. The first-order chi connectivity index (χ1) is 9.81. The van der Waals surface area contributed by atoms with Crippen LogP contribution in [0.4, 0.5) is 5.13 Å². The van der Waals surface area contributed by atoms with Crippen LogP contribution in [-0.2, 0) is 16.3 Å². The lowest BCUT2D eigenvalue weighted by Crippen LogP contribution is -2.12. The van der Waals surface area contributed by atoms with Crippen LogP contribution < -0.4 is 5.32 Å². The maximum atomic E-state index is 12.1. The Kier molecular flexibility index (Phi) is 4.60. The summed E-state index contributed by atoms with van der Waals surface area (Å²) in [5.41, 5.74) is 0.188. The summed E-state index contributed by atoms with van der Waals surface area (Å²) in [7, 11) is -3.50. The van der Waals surface area contributed by atoms with Gasteiger partial charge in [-0.25, -0.2) is 8.42 Å². The average molecular weight is 346 g/mol. The highest BCUT2D eigenvalue weighted by Gasteiger charge is 2.16. The van der Waals surface area contributed by atoms with Crippen molar-refractivity contribution in [1.82, 2.24) is 10.2 Å². The molecular formula is C12H12ClN3O3S2. The van der Waals surface area contributed by atoms with Gasteiger partial charge in [0.25, 0.3) is 5.91 Å². The van der Waals surface area contributed by atoms with Crippen LogP contribution in [0.2, 0.25) is 5.02 Å². The molecule has 0 aliphatic rings. The Morgan fingerprint density at radius 2 is 2.10 bits per heavy atom. The molecular weight excluding hydrogens is 334 g/mol. The quantitative estimate of drug-likeness (QED) is 0.919. The number of carbonyl (C=O) groups is 1. The topological polar surface area (TPSA) is 89.0 Å². The number of hydrogen-bond donors (Lipinski definition) is 1. The highest BCUT2D eigenvalue weighted by atomic mass is 35.5. The molecule has 0 unspecified atom stereocenters. The molecule has 1 heterocycles. The molecule has 0 saturated heterocycles. The average Bonchev–Trinajstić information content (AvgIpc) is 2.85. The van der Waals surface area contributed by atoms with Crippen molar-refractivity contribution in [3.8, 4) is 0 Å². The maximum Gasteiger partial charge on any atom is 0.257 e. The van der Waals surface area contributed by atoms with Crippen molar-refractivity contribution in [3.05, 3.63) is 33.8 Å². The lowest BCUT2D eigenvalue weighted by atomic mass is 10.2. The summed E-state index contributed by atoms with van der Waals surface area (Å²) >= 11 is 7.11. The van der Waals surface area contributed by atoms with Gasteiger partial charge in [-0.2, -0.15) is 0 Å². The number of sulfone groups is 1. The molecule has 0 spiro atoms. The van der Waals surface area contributed by atoms with Crippen molar-refractivity contribution >= 4 is 43.8 Å². The third-order valence-corrected chi connectivity index (χ3v) is 5.14. The van der Waals surface area contributed by atoms with Crippen LogP contribution in [0, 0.1) is 0 Å². The zero-order valence-corrected chi connectivity index (χ0v) is 13.6. The molecule has 0 radical (unpaired) electrons. The van der Waals surface area contributed by atoms with Crippen LogP contribution in [0.15, 0.2) is 23.1 Å². The largest absolute Gasteiger partial charge is 0.296 e. The second-order valence-electron chi connectivity index (χ2n) is 4.23. The van der Waals surface area contributed by atoms with E-state index in [4.69, 9.17) is 11.6 Å². The number of rotatable bonds is 4. The number of benzene rings is 1. The van der Waals surface area contributed by atoms with Gasteiger partial charge in [0.1, 0.15) is 5.01 Å². The highest BCUT2D eigenvalue weighted by molar-refractivity contribution is 7.90. The van der Waals surface area contributed by atoms with Crippen molar-refractivity contribution in [3.63, 3.8) is 0 Å². The molecule has 1 amide bonds. The van der Waals surface area contributed by atoms with Gasteiger partial charge in [0.15, 0.2) is 9.84 Å². The molecule has 1 aromatic heterocycles. The Balaban J connectivity index is 2.27. The molecule has 6 nitrogen and oxygen atoms in total. The Morgan fingerprint density at radius 1 is 1.38 bits per heavy atom. The molecule has 1 N–H and O–H groups in total. The van der Waals surface area contributed by atoms with E-state index in [1.165, 1.54) is 29.5 Å². The highest BCUT2D eigenvalue weighted by Crippen LogP contribution is 2.23. The zero-order chi connectivity index (χ0) is 15.6. The Morgan fingerprint density at radius 3 is 2.67 bits per heavy atom. The summed E-state index contributed by atoms with van der Waals surface area (Å²) in [5, 5.41) is 11.6. The summed E-state index contributed by atoms with van der Waals surface area (Å²) < 4.78 is 23.2. The van der Waals surface area contributed by atoms with E-state index in [0.29, 0.717) is 5.13 Å². The van der Waals surface area contributed by atoms with Crippen molar-refractivity contribution in [1.29, 1.82) is 0 Å². The number of carbonyl (C=O) groups excluding carboxylic acids is 1. The van der Waals surface area contributed by atoms with Crippen LogP contribution in [0.3, 0.4) is 0 Å². The SMILES string of the molecule is CCc1nnc(NC(=O)c2ccc(Cl)c(S(C)(=O)=O)c2)s1. The zero-order valence-electron chi connectivity index (χ0n) is 11.3. The number of nitrogens with zero attached hydrogens (tertiary/aromatic N) is 2. The smallest absolute Gasteiger partial charge is 0.257 e. The first-order valence-electron chi connectivity index (χ1n) is 5.94. The molecule has 1 aromatic carbocycles. The number of halogens is 1. The van der Waals surface area contributed by atoms with Gasteiger partial charge in [-0.3, -0.25) is 10.1 Å². The van der Waals surface area contributed by atoms with Gasteiger partial charge >= 0.3 is 0 Å². The van der Waals surface area contributed by atoms with Gasteiger partial charge in [0.05, 0.1) is 9.92 Å². The molecule has 0 saturated carbocycles. The van der Waals surface area contributed by atoms with Gasteiger partial charge < -0.3 is 0 Å². The fourth-order valence-electron chi connectivity index (χ4n) is 1.55. The second kappa shape index (κ2) is 6.08. The standard InChI is InChI=1S/C12H12ClN3O3S2/c1-3-10-15-16-12(20-10)14-11(17)7-4-5-8(13)9(6-7)21(2,18)19/h4-6H,3H2,1-2H3,(H,14,16,17). The number of anilines is 1. The predicted octanol–water partition coefficient (Wildman–Crippen LogP) is 2.41. The van der Waals surface area contributed by atoms with E-state index in [2.05, 4.69) is 15.5 Å². The Hall–Kier alpha value is -1.51. The minimum absolute atomic E-state index is 0.0803. The molecule has 0 bridgehead atoms. The number of aromatic nitrogens is 2. The maximum absolute atomic E-state index is 12.1. The normalized spacial score (nSPS) is 11.4. The second-order valence-corrected chi connectivity index (χ2v) is 7.68. The fourth-order valence-corrected chi connectivity index (χ4v) is 3.52. The van der Waals surface area contributed by atoms with Crippen LogP contribution in [0.25, 0.3) is 0 Å². The van der Waals surface area contributed by atoms with Crippen LogP contribution in [0.5, 0.6) is 0 Å². The van der Waals surface area contributed by atoms with Crippen molar-refractivity contribution < 1.29 is 13.2 Å². The first kappa shape index (κ1) is 15.9. The third-order valence-electron chi connectivity index (χ3n) is 2.58. The monoisotopic (exact) mass is 345 g/mol. The number of nitrogens with one attached hydrogen (secondary N) is 1. The minimum atomic E-state index is -3.50. The molecule has 9 heteroatoms. The van der Waals surface area contributed by atoms with Crippen molar-refractivity contribution in [2.45, 2.75) is 18.2 Å². The van der Waals surface area contributed by atoms with E-state index in [0.717, 1.165) is 17.7 Å². The lowest BCUT2D eigenvalue weighted by Gasteiger charge is -2.05. The van der Waals surface area contributed by atoms with Crippen LogP contribution in [-0.4, -0.2) is 30.8 Å². The lowest BCUT2D eigenvalue weighted by molar-refractivity contribution is 0.102. The van der Waals surface area contributed by atoms with Gasteiger partial charge in [-0.15, -0.1) is 10.2 Å². The van der Waals surface area contributed by atoms with E-state index in [1.54, 1.807) is 0 Å². The van der Waals surface area contributed by atoms with E-state index >= 15 is 0 Å². The molecule has 0 fully saturated rings. The number of hydrogen-bond acceptors (Lipinski definition) is 6. The number of amides is 1. The predicted molar refractivity (Wildman–Crippen MR) is 81.8 cm³/mol. The summed E-state index contributed by atoms with van der Waals surface area (Å²) in [4.78, 5) is 12.0. The third kappa shape index (κ3) is 3.78. The van der Waals surface area contributed by atoms with Gasteiger partial charge in [-0.05, 0) is 24.6 Å². The Labute approximate surface area is 131 Å². The van der Waals surface area contributed by atoms with Gasteiger partial charge in [-0.1, -0.05) is 29.9 Å². The van der Waals surface area contributed by atoms with E-state index in [1.807, 2.05) is 6.92 Å². The van der Waals surface area contributed by atoms with Crippen molar-refractivity contribution in [2.24, 2.45) is 0 Å². The summed E-state index contributed by atoms with van der Waals surface area (Å²) in [6.45, 7) is 1.93. The van der Waals surface area contributed by atoms with E-state index in [-0.39, 0.29) is 15.5 Å². The summed E-state index contributed by atoms with van der Waals surface area (Å²) in [6.07, 6.45) is 1.76. The molecule has 0 aliphatic carbocycles. The van der Waals surface area contributed by atoms with Crippen LogP contribution >= 0.6 is 22.9 Å².